The van der Waals surface area contributed by atoms with Gasteiger partial charge < -0.3 is 30.3 Å². The number of urea groups is 1. The number of likely N-dealkylation sites (tertiary alicyclic amines) is 1. The number of benzene rings is 3. The maximum Gasteiger partial charge on any atom is 0.338 e. The predicted octanol–water partition coefficient (Wildman–Crippen LogP) is 4.37. The van der Waals surface area contributed by atoms with Gasteiger partial charge in [-0.05, 0) is 67.9 Å². The maximum atomic E-state index is 13.5. The Balaban J connectivity index is 1.41. The van der Waals surface area contributed by atoms with Crippen LogP contribution < -0.4 is 16.0 Å². The molecule has 1 aliphatic heterocycles. The molecule has 3 aromatic rings. The highest BCUT2D eigenvalue weighted by Gasteiger charge is 2.38. The van der Waals surface area contributed by atoms with Crippen molar-refractivity contribution in [2.24, 2.45) is 0 Å². The van der Waals surface area contributed by atoms with E-state index in [9.17, 15) is 23.9 Å². The van der Waals surface area contributed by atoms with Crippen molar-refractivity contribution < 1.29 is 33.1 Å². The molecule has 0 bridgehead atoms. The van der Waals surface area contributed by atoms with Crippen LogP contribution in [0.5, 0.6) is 5.75 Å². The molecule has 1 aliphatic rings. The Hall–Kier alpha value is -4.44. The van der Waals surface area contributed by atoms with E-state index in [-0.39, 0.29) is 36.5 Å². The number of anilines is 1. The van der Waals surface area contributed by atoms with Crippen LogP contribution in [0.3, 0.4) is 0 Å². The fourth-order valence-electron chi connectivity index (χ4n) is 5.33. The Morgan fingerprint density at radius 1 is 0.976 bits per heavy atom. The van der Waals surface area contributed by atoms with Gasteiger partial charge in [0.05, 0.1) is 37.8 Å². The number of quaternary nitrogens is 1. The predicted molar refractivity (Wildman–Crippen MR) is 157 cm³/mol. The number of halogens is 1. The third-order valence-electron chi connectivity index (χ3n) is 7.66. The molecule has 4 N–H and O–H groups in total. The van der Waals surface area contributed by atoms with Crippen LogP contribution in [0.4, 0.5) is 14.9 Å². The summed E-state index contributed by atoms with van der Waals surface area (Å²) in [7, 11) is 0. The number of nitrogens with one attached hydrogen (secondary N) is 3. The molecule has 0 spiro atoms. The molecule has 1 fully saturated rings. The summed E-state index contributed by atoms with van der Waals surface area (Å²) in [5, 5.41) is 18.3. The third kappa shape index (κ3) is 8.29. The molecular formula is C32H38FN4O5+. The summed E-state index contributed by atoms with van der Waals surface area (Å²) in [5.41, 5.74) is 2.63. The lowest BCUT2D eigenvalue weighted by Gasteiger charge is -2.33. The number of aromatic hydroxyl groups is 1. The highest BCUT2D eigenvalue weighted by atomic mass is 19.1. The second-order valence-electron chi connectivity index (χ2n) is 10.7. The van der Waals surface area contributed by atoms with Crippen molar-refractivity contribution in [1.82, 2.24) is 10.6 Å². The van der Waals surface area contributed by atoms with Crippen molar-refractivity contribution in [1.29, 1.82) is 0 Å². The van der Waals surface area contributed by atoms with Crippen LogP contribution in [-0.2, 0) is 22.5 Å². The summed E-state index contributed by atoms with van der Waals surface area (Å²) in [6.07, 6.45) is 1.00. The summed E-state index contributed by atoms with van der Waals surface area (Å²) in [4.78, 5) is 38.4. The lowest BCUT2D eigenvalue weighted by molar-refractivity contribution is -0.928. The van der Waals surface area contributed by atoms with Crippen LogP contribution in [0.15, 0.2) is 72.8 Å². The van der Waals surface area contributed by atoms with Gasteiger partial charge in [0.2, 0.25) is 5.91 Å². The molecule has 4 rings (SSSR count). The number of rotatable bonds is 11. The van der Waals surface area contributed by atoms with Crippen molar-refractivity contribution in [2.75, 3.05) is 31.6 Å². The number of phenolic OH excluding ortho intramolecular Hbond substituents is 1. The number of ether oxygens (including phenoxy) is 1. The van der Waals surface area contributed by atoms with Crippen LogP contribution in [0.1, 0.15) is 41.8 Å². The van der Waals surface area contributed by atoms with Gasteiger partial charge in [0.1, 0.15) is 24.2 Å². The van der Waals surface area contributed by atoms with Crippen molar-refractivity contribution in [3.8, 4) is 5.75 Å². The zero-order chi connectivity index (χ0) is 30.1. The van der Waals surface area contributed by atoms with Crippen molar-refractivity contribution in [3.63, 3.8) is 0 Å². The van der Waals surface area contributed by atoms with E-state index in [0.717, 1.165) is 48.2 Å². The second-order valence-corrected chi connectivity index (χ2v) is 10.7. The molecule has 3 aromatic carbocycles. The number of esters is 1. The van der Waals surface area contributed by atoms with E-state index in [1.54, 1.807) is 55.5 Å². The topological polar surface area (TPSA) is 117 Å². The molecule has 1 heterocycles. The molecule has 9 nitrogen and oxygen atoms in total. The molecule has 0 aromatic heterocycles. The van der Waals surface area contributed by atoms with Crippen LogP contribution in [-0.4, -0.2) is 65.8 Å². The molecule has 0 saturated carbocycles. The van der Waals surface area contributed by atoms with E-state index in [0.29, 0.717) is 11.3 Å². The first kappa shape index (κ1) is 30.5. The monoisotopic (exact) mass is 577 g/mol. The fourth-order valence-corrected chi connectivity index (χ4v) is 5.33. The SMILES string of the molecule is CCOC(=O)c1ccc(NC(=O)N[C@@H](Cc2ccc(O)cc2)C(=O)N[C@H]2CC[N+](CC)(Cc3ccc(F)cc3)C2)cc1. The minimum Gasteiger partial charge on any atom is -0.508 e. The van der Waals surface area contributed by atoms with Gasteiger partial charge in [0.15, 0.2) is 0 Å². The van der Waals surface area contributed by atoms with Crippen LogP contribution >= 0.6 is 0 Å². The molecule has 222 valence electrons. The summed E-state index contributed by atoms with van der Waals surface area (Å²) in [6.45, 7) is 7.32. The molecule has 0 radical (unpaired) electrons. The van der Waals surface area contributed by atoms with Gasteiger partial charge in [-0.2, -0.15) is 0 Å². The first-order valence-corrected chi connectivity index (χ1v) is 14.2. The number of amides is 3. The van der Waals surface area contributed by atoms with Gasteiger partial charge in [-0.15, -0.1) is 0 Å². The molecule has 1 saturated heterocycles. The van der Waals surface area contributed by atoms with E-state index in [1.165, 1.54) is 24.3 Å². The lowest BCUT2D eigenvalue weighted by Crippen LogP contribution is -2.53. The van der Waals surface area contributed by atoms with Gasteiger partial charge in [-0.1, -0.05) is 24.3 Å². The zero-order valence-corrected chi connectivity index (χ0v) is 23.9. The first-order valence-electron chi connectivity index (χ1n) is 14.2. The maximum absolute atomic E-state index is 13.5. The first-order chi connectivity index (χ1) is 20.2. The quantitative estimate of drug-likeness (QED) is 0.200. The number of likely N-dealkylation sites (N-methyl/N-ethyl adjacent to an activating group) is 1. The van der Waals surface area contributed by atoms with Gasteiger partial charge >= 0.3 is 12.0 Å². The van der Waals surface area contributed by atoms with Crippen LogP contribution in [0.25, 0.3) is 0 Å². The highest BCUT2D eigenvalue weighted by molar-refractivity contribution is 5.95. The van der Waals surface area contributed by atoms with Crippen LogP contribution in [0.2, 0.25) is 0 Å². The third-order valence-corrected chi connectivity index (χ3v) is 7.66. The number of hydrogen-bond acceptors (Lipinski definition) is 5. The average molecular weight is 578 g/mol. The van der Waals surface area contributed by atoms with E-state index in [4.69, 9.17) is 4.74 Å². The summed E-state index contributed by atoms with van der Waals surface area (Å²) < 4.78 is 19.2. The summed E-state index contributed by atoms with van der Waals surface area (Å²) in [5.74, 6) is -0.913. The average Bonchev–Trinajstić information content (AvgIpc) is 3.38. The minimum absolute atomic E-state index is 0.0829. The Morgan fingerprint density at radius 3 is 2.29 bits per heavy atom. The van der Waals surface area contributed by atoms with Gasteiger partial charge in [0.25, 0.3) is 0 Å². The van der Waals surface area contributed by atoms with Gasteiger partial charge in [0, 0.05) is 24.1 Å². The zero-order valence-electron chi connectivity index (χ0n) is 23.9. The molecule has 3 atom stereocenters. The minimum atomic E-state index is -0.880. The lowest BCUT2D eigenvalue weighted by atomic mass is 10.0. The number of hydrogen-bond donors (Lipinski definition) is 4. The Morgan fingerprint density at radius 2 is 1.64 bits per heavy atom. The van der Waals surface area contributed by atoms with Gasteiger partial charge in [-0.3, -0.25) is 4.79 Å². The Kier molecular flexibility index (Phi) is 10.1. The summed E-state index contributed by atoms with van der Waals surface area (Å²) in [6, 6.07) is 17.8. The Bertz CT molecular complexity index is 1370. The smallest absolute Gasteiger partial charge is 0.338 e. The van der Waals surface area contributed by atoms with E-state index in [2.05, 4.69) is 22.9 Å². The molecular weight excluding hydrogens is 539 g/mol. The Labute approximate surface area is 245 Å². The van der Waals surface area contributed by atoms with E-state index < -0.39 is 18.0 Å². The van der Waals surface area contributed by atoms with Crippen molar-refractivity contribution >= 4 is 23.6 Å². The van der Waals surface area contributed by atoms with E-state index in [1.807, 2.05) is 0 Å². The number of phenols is 1. The van der Waals surface area contributed by atoms with Crippen LogP contribution in [0, 0.1) is 5.82 Å². The fraction of sp³-hybridized carbons (Fsp3) is 0.344. The molecule has 1 unspecified atom stereocenters. The highest BCUT2D eigenvalue weighted by Crippen LogP contribution is 2.24. The number of carbonyl (C=O) groups is 3. The van der Waals surface area contributed by atoms with E-state index >= 15 is 0 Å². The largest absolute Gasteiger partial charge is 0.508 e. The molecule has 10 heteroatoms. The standard InChI is InChI=1S/C32H37FN4O5/c1-3-37(20-23-5-11-25(33)12-6-23)18-17-27(21-37)34-30(39)29(19-22-7-15-28(38)16-8-22)36-32(41)35-26-13-9-24(10-14-26)31(40)42-4-2/h5-16,27,29H,3-4,17-21H2,1-2H3,(H3-,34,35,36,38,39,40,41)/p+1/t27-,29-,37?/m0/s1. The summed E-state index contributed by atoms with van der Waals surface area (Å²) >= 11 is 0. The van der Waals surface area contributed by atoms with Gasteiger partial charge in [-0.25, -0.2) is 14.0 Å². The van der Waals surface area contributed by atoms with Crippen molar-refractivity contribution in [2.45, 2.75) is 45.3 Å². The molecule has 3 amide bonds. The number of carbonyl (C=O) groups excluding carboxylic acids is 3. The normalized spacial score (nSPS) is 18.6. The number of nitrogens with zero attached hydrogens (tertiary/aromatic N) is 1. The van der Waals surface area contributed by atoms with Crippen molar-refractivity contribution in [3.05, 3.63) is 95.3 Å². The molecule has 0 aliphatic carbocycles. The second kappa shape index (κ2) is 14.0. The molecule has 42 heavy (non-hydrogen) atoms.